The summed E-state index contributed by atoms with van der Waals surface area (Å²) in [6.07, 6.45) is 3.30. The Kier molecular flexibility index (Phi) is 4.42. The third kappa shape index (κ3) is 3.06. The second kappa shape index (κ2) is 5.62. The Hall–Kier alpha value is -1.91. The van der Waals surface area contributed by atoms with Gasteiger partial charge in [0.25, 0.3) is 0 Å². The molecule has 0 amide bonds. The van der Waals surface area contributed by atoms with Gasteiger partial charge in [0.2, 0.25) is 0 Å². The van der Waals surface area contributed by atoms with Gasteiger partial charge in [-0.2, -0.15) is 0 Å². The summed E-state index contributed by atoms with van der Waals surface area (Å²) in [6.45, 7) is 5.04. The van der Waals surface area contributed by atoms with E-state index in [-0.39, 0.29) is 13.0 Å². The fourth-order valence-corrected chi connectivity index (χ4v) is 1.65. The van der Waals surface area contributed by atoms with Crippen molar-refractivity contribution in [3.05, 3.63) is 29.6 Å². The fourth-order valence-electron chi connectivity index (χ4n) is 1.65. The molecular formula is C13H17NO4. The van der Waals surface area contributed by atoms with Crippen molar-refractivity contribution in [1.29, 1.82) is 0 Å². The van der Waals surface area contributed by atoms with E-state index in [2.05, 4.69) is 4.98 Å². The van der Waals surface area contributed by atoms with Crippen LogP contribution < -0.4 is 0 Å². The van der Waals surface area contributed by atoms with Crippen LogP contribution in [0.2, 0.25) is 0 Å². The minimum atomic E-state index is -1.58. The van der Waals surface area contributed by atoms with Gasteiger partial charge >= 0.3 is 11.9 Å². The summed E-state index contributed by atoms with van der Waals surface area (Å²) in [5.74, 6) is -1.92. The average molecular weight is 251 g/mol. The number of aryl methyl sites for hydroxylation is 1. The SMILES string of the molecule is CCOC(=O)C(C)(Cc1cncc(C)c1)C(=O)O. The van der Waals surface area contributed by atoms with Crippen LogP contribution in [0.15, 0.2) is 18.5 Å². The highest BCUT2D eigenvalue weighted by Gasteiger charge is 2.43. The van der Waals surface area contributed by atoms with Gasteiger partial charge in [-0.15, -0.1) is 0 Å². The van der Waals surface area contributed by atoms with Crippen LogP contribution in [0.5, 0.6) is 0 Å². The van der Waals surface area contributed by atoms with Gasteiger partial charge in [0.05, 0.1) is 6.61 Å². The Labute approximate surface area is 106 Å². The molecule has 5 nitrogen and oxygen atoms in total. The number of aromatic nitrogens is 1. The first-order valence-corrected chi connectivity index (χ1v) is 5.71. The molecule has 1 aromatic heterocycles. The van der Waals surface area contributed by atoms with E-state index in [1.807, 2.05) is 13.0 Å². The number of nitrogens with zero attached hydrogens (tertiary/aromatic N) is 1. The third-order valence-electron chi connectivity index (χ3n) is 2.69. The highest BCUT2D eigenvalue weighted by molar-refractivity contribution is 5.99. The van der Waals surface area contributed by atoms with Gasteiger partial charge < -0.3 is 9.84 Å². The quantitative estimate of drug-likeness (QED) is 0.635. The van der Waals surface area contributed by atoms with Crippen LogP contribution in [-0.2, 0) is 20.7 Å². The first-order chi connectivity index (χ1) is 8.40. The summed E-state index contributed by atoms with van der Waals surface area (Å²) in [7, 11) is 0. The lowest BCUT2D eigenvalue weighted by molar-refractivity contribution is -0.167. The molecule has 0 saturated heterocycles. The zero-order chi connectivity index (χ0) is 13.8. The standard InChI is InChI=1S/C13H17NO4/c1-4-18-12(17)13(3,11(15)16)6-10-5-9(2)7-14-8-10/h5,7-8H,4,6H2,1-3H3,(H,15,16). The Balaban J connectivity index is 3.00. The van der Waals surface area contributed by atoms with E-state index in [1.165, 1.54) is 6.92 Å². The van der Waals surface area contributed by atoms with Gasteiger partial charge in [0, 0.05) is 18.8 Å². The monoisotopic (exact) mass is 251 g/mol. The molecule has 1 heterocycles. The van der Waals surface area contributed by atoms with Crippen LogP contribution in [0, 0.1) is 12.3 Å². The molecule has 0 aliphatic carbocycles. The molecule has 0 bridgehead atoms. The number of rotatable bonds is 5. The molecule has 0 radical (unpaired) electrons. The Morgan fingerprint density at radius 3 is 2.61 bits per heavy atom. The number of carbonyl (C=O) groups excluding carboxylic acids is 1. The number of carbonyl (C=O) groups is 2. The first-order valence-electron chi connectivity index (χ1n) is 5.71. The number of ether oxygens (including phenoxy) is 1. The number of hydrogen-bond donors (Lipinski definition) is 1. The molecule has 98 valence electrons. The molecule has 0 saturated carbocycles. The van der Waals surface area contributed by atoms with Crippen molar-refractivity contribution in [2.75, 3.05) is 6.61 Å². The minimum Gasteiger partial charge on any atom is -0.480 e. The molecule has 1 rings (SSSR count). The maximum Gasteiger partial charge on any atom is 0.323 e. The molecule has 1 aromatic rings. The molecule has 5 heteroatoms. The number of esters is 1. The topological polar surface area (TPSA) is 76.5 Å². The number of pyridine rings is 1. The highest BCUT2D eigenvalue weighted by atomic mass is 16.5. The lowest BCUT2D eigenvalue weighted by Crippen LogP contribution is -2.40. The van der Waals surface area contributed by atoms with Crippen molar-refractivity contribution in [3.63, 3.8) is 0 Å². The average Bonchev–Trinajstić information content (AvgIpc) is 2.28. The molecule has 1 N–H and O–H groups in total. The van der Waals surface area contributed by atoms with E-state index < -0.39 is 17.4 Å². The molecular weight excluding hydrogens is 234 g/mol. The summed E-state index contributed by atoms with van der Waals surface area (Å²) < 4.78 is 4.83. The van der Waals surface area contributed by atoms with E-state index in [0.717, 1.165) is 5.56 Å². The fraction of sp³-hybridized carbons (Fsp3) is 0.462. The van der Waals surface area contributed by atoms with Crippen LogP contribution >= 0.6 is 0 Å². The lowest BCUT2D eigenvalue weighted by atomic mass is 9.84. The number of aliphatic carboxylic acids is 1. The summed E-state index contributed by atoms with van der Waals surface area (Å²) >= 11 is 0. The zero-order valence-corrected chi connectivity index (χ0v) is 10.8. The minimum absolute atomic E-state index is 0.0653. The lowest BCUT2D eigenvalue weighted by Gasteiger charge is -2.22. The third-order valence-corrected chi connectivity index (χ3v) is 2.69. The summed E-state index contributed by atoms with van der Waals surface area (Å²) in [4.78, 5) is 27.1. The Bertz CT molecular complexity index is 458. The summed E-state index contributed by atoms with van der Waals surface area (Å²) in [5, 5.41) is 9.24. The summed E-state index contributed by atoms with van der Waals surface area (Å²) in [5.41, 5.74) is 0.0444. The maximum absolute atomic E-state index is 11.8. The zero-order valence-electron chi connectivity index (χ0n) is 10.8. The van der Waals surface area contributed by atoms with Crippen molar-refractivity contribution in [2.45, 2.75) is 27.2 Å². The molecule has 1 unspecified atom stereocenters. The number of carboxylic acid groups (broad SMARTS) is 1. The molecule has 0 fully saturated rings. The second-order valence-corrected chi connectivity index (χ2v) is 4.41. The van der Waals surface area contributed by atoms with E-state index >= 15 is 0 Å². The van der Waals surface area contributed by atoms with E-state index in [0.29, 0.717) is 5.56 Å². The number of carboxylic acids is 1. The molecule has 0 aliphatic heterocycles. The highest BCUT2D eigenvalue weighted by Crippen LogP contribution is 2.25. The van der Waals surface area contributed by atoms with Crippen LogP contribution in [0.1, 0.15) is 25.0 Å². The molecule has 0 spiro atoms. The van der Waals surface area contributed by atoms with Crippen molar-refractivity contribution in [1.82, 2.24) is 4.98 Å². The second-order valence-electron chi connectivity index (χ2n) is 4.41. The van der Waals surface area contributed by atoms with Gasteiger partial charge in [0.15, 0.2) is 5.41 Å². The van der Waals surface area contributed by atoms with Crippen LogP contribution in [0.3, 0.4) is 0 Å². The van der Waals surface area contributed by atoms with Crippen molar-refractivity contribution in [3.8, 4) is 0 Å². The van der Waals surface area contributed by atoms with Crippen LogP contribution in [-0.4, -0.2) is 28.6 Å². The van der Waals surface area contributed by atoms with E-state index in [1.54, 1.807) is 19.3 Å². The summed E-state index contributed by atoms with van der Waals surface area (Å²) in [6, 6.07) is 1.81. The van der Waals surface area contributed by atoms with Crippen molar-refractivity contribution < 1.29 is 19.4 Å². The predicted molar refractivity (Wildman–Crippen MR) is 65.1 cm³/mol. The first kappa shape index (κ1) is 14.2. The molecule has 0 aromatic carbocycles. The normalized spacial score (nSPS) is 13.7. The molecule has 18 heavy (non-hydrogen) atoms. The predicted octanol–water partition coefficient (Wildman–Crippen LogP) is 1.59. The van der Waals surface area contributed by atoms with Gasteiger partial charge in [-0.05, 0) is 31.9 Å². The largest absolute Gasteiger partial charge is 0.480 e. The van der Waals surface area contributed by atoms with E-state index in [4.69, 9.17) is 4.74 Å². The van der Waals surface area contributed by atoms with Crippen LogP contribution in [0.25, 0.3) is 0 Å². The Morgan fingerprint density at radius 1 is 1.44 bits per heavy atom. The smallest absolute Gasteiger partial charge is 0.323 e. The van der Waals surface area contributed by atoms with Gasteiger partial charge in [-0.25, -0.2) is 0 Å². The van der Waals surface area contributed by atoms with Gasteiger partial charge in [-0.1, -0.05) is 6.07 Å². The van der Waals surface area contributed by atoms with Gasteiger partial charge in [-0.3, -0.25) is 14.6 Å². The molecule has 1 atom stereocenters. The van der Waals surface area contributed by atoms with Crippen molar-refractivity contribution in [2.24, 2.45) is 5.41 Å². The van der Waals surface area contributed by atoms with Crippen molar-refractivity contribution >= 4 is 11.9 Å². The number of hydrogen-bond acceptors (Lipinski definition) is 4. The Morgan fingerprint density at radius 2 is 2.11 bits per heavy atom. The van der Waals surface area contributed by atoms with Crippen LogP contribution in [0.4, 0.5) is 0 Å². The van der Waals surface area contributed by atoms with E-state index in [9.17, 15) is 14.7 Å². The maximum atomic E-state index is 11.8. The molecule has 0 aliphatic rings. The van der Waals surface area contributed by atoms with Gasteiger partial charge in [0.1, 0.15) is 0 Å².